The van der Waals surface area contributed by atoms with Gasteiger partial charge in [-0.1, -0.05) is 6.92 Å². The molecule has 0 bridgehead atoms. The molecule has 2 aromatic heterocycles. The lowest BCUT2D eigenvalue weighted by Crippen LogP contribution is -2.25. The Balaban J connectivity index is 1.66. The highest BCUT2D eigenvalue weighted by molar-refractivity contribution is 5.94. The Morgan fingerprint density at radius 1 is 1.28 bits per heavy atom. The van der Waals surface area contributed by atoms with Gasteiger partial charge in [-0.05, 0) is 54.8 Å². The Bertz CT molecular complexity index is 919. The molecule has 0 atom stereocenters. The summed E-state index contributed by atoms with van der Waals surface area (Å²) in [5.41, 5.74) is 3.30. The van der Waals surface area contributed by atoms with Gasteiger partial charge in [-0.3, -0.25) is 4.79 Å². The van der Waals surface area contributed by atoms with E-state index < -0.39 is 0 Å². The molecule has 3 rings (SSSR count). The summed E-state index contributed by atoms with van der Waals surface area (Å²) in [6.45, 7) is 3.64. The van der Waals surface area contributed by atoms with E-state index in [-0.39, 0.29) is 5.91 Å². The van der Waals surface area contributed by atoms with Crippen molar-refractivity contribution < 1.29 is 4.79 Å². The van der Waals surface area contributed by atoms with E-state index >= 15 is 0 Å². The summed E-state index contributed by atoms with van der Waals surface area (Å²) in [5, 5.41) is 12.9. The average molecular weight is 332 g/mol. The number of fused-ring (bicyclic) bond motifs is 1. The summed E-state index contributed by atoms with van der Waals surface area (Å²) < 4.78 is 2.17. The van der Waals surface area contributed by atoms with Gasteiger partial charge in [-0.15, -0.1) is 0 Å². The molecule has 0 radical (unpaired) electrons. The lowest BCUT2D eigenvalue weighted by atomic mass is 10.1. The molecule has 0 saturated heterocycles. The van der Waals surface area contributed by atoms with Crippen LogP contribution < -0.4 is 5.32 Å². The number of carbonyl (C=O) groups excluding carboxylic acids is 1. The van der Waals surface area contributed by atoms with Crippen LogP contribution in [0.1, 0.15) is 34.8 Å². The van der Waals surface area contributed by atoms with E-state index in [1.807, 2.05) is 18.3 Å². The first-order valence-electron chi connectivity index (χ1n) is 8.44. The number of rotatable bonds is 6. The smallest absolute Gasteiger partial charge is 0.251 e. The van der Waals surface area contributed by atoms with Gasteiger partial charge in [-0.25, -0.2) is 4.98 Å². The van der Waals surface area contributed by atoms with Crippen molar-refractivity contribution in [3.8, 4) is 6.07 Å². The van der Waals surface area contributed by atoms with Crippen molar-refractivity contribution in [3.63, 3.8) is 0 Å². The normalized spacial score (nSPS) is 10.6. The molecule has 0 spiro atoms. The van der Waals surface area contributed by atoms with Crippen molar-refractivity contribution in [1.82, 2.24) is 14.9 Å². The highest BCUT2D eigenvalue weighted by Crippen LogP contribution is 2.20. The number of hydrogen-bond acceptors (Lipinski definition) is 3. The molecule has 25 heavy (non-hydrogen) atoms. The number of nitrogens with one attached hydrogen (secondary N) is 1. The molecule has 0 aliphatic rings. The predicted octanol–water partition coefficient (Wildman–Crippen LogP) is 3.29. The highest BCUT2D eigenvalue weighted by Gasteiger charge is 2.10. The third kappa shape index (κ3) is 3.69. The number of aromatic nitrogens is 2. The SMILES string of the molecule is CCCn1cc(CCNC(=O)c2ccc(C#N)cc2)c2cccnc21. The Labute approximate surface area is 146 Å². The predicted molar refractivity (Wildman–Crippen MR) is 97.2 cm³/mol. The van der Waals surface area contributed by atoms with Gasteiger partial charge in [0.1, 0.15) is 5.65 Å². The van der Waals surface area contributed by atoms with E-state index in [1.165, 1.54) is 5.56 Å². The molecule has 0 fully saturated rings. The van der Waals surface area contributed by atoms with Crippen LogP contribution in [0.3, 0.4) is 0 Å². The molecule has 1 N–H and O–H groups in total. The Kier molecular flexibility index (Phi) is 5.10. The van der Waals surface area contributed by atoms with Crippen molar-refractivity contribution in [2.24, 2.45) is 0 Å². The summed E-state index contributed by atoms with van der Waals surface area (Å²) in [6.07, 6.45) is 5.75. The minimum atomic E-state index is -0.125. The van der Waals surface area contributed by atoms with E-state index in [1.54, 1.807) is 24.3 Å². The summed E-state index contributed by atoms with van der Waals surface area (Å²) in [7, 11) is 0. The lowest BCUT2D eigenvalue weighted by molar-refractivity contribution is 0.0954. The number of benzene rings is 1. The minimum absolute atomic E-state index is 0.125. The van der Waals surface area contributed by atoms with Crippen LogP contribution in [0.15, 0.2) is 48.8 Å². The number of aryl methyl sites for hydroxylation is 1. The molecule has 5 nitrogen and oxygen atoms in total. The van der Waals surface area contributed by atoms with Crippen LogP contribution in [0, 0.1) is 11.3 Å². The third-order valence-electron chi connectivity index (χ3n) is 4.14. The molecule has 0 aliphatic heterocycles. The summed E-state index contributed by atoms with van der Waals surface area (Å²) >= 11 is 0. The number of nitrogens with zero attached hydrogens (tertiary/aromatic N) is 3. The largest absolute Gasteiger partial charge is 0.352 e. The van der Waals surface area contributed by atoms with Crippen LogP contribution >= 0.6 is 0 Å². The van der Waals surface area contributed by atoms with Gasteiger partial charge in [0.25, 0.3) is 5.91 Å². The van der Waals surface area contributed by atoms with Crippen molar-refractivity contribution in [3.05, 3.63) is 65.5 Å². The summed E-state index contributed by atoms with van der Waals surface area (Å²) in [5.74, 6) is -0.125. The van der Waals surface area contributed by atoms with Crippen molar-refractivity contribution in [2.75, 3.05) is 6.54 Å². The van der Waals surface area contributed by atoms with Gasteiger partial charge in [0.05, 0.1) is 11.6 Å². The van der Waals surface area contributed by atoms with E-state index in [2.05, 4.69) is 34.1 Å². The van der Waals surface area contributed by atoms with Gasteiger partial charge >= 0.3 is 0 Å². The standard InChI is InChI=1S/C20H20N4O/c1-2-12-24-14-17(18-4-3-10-22-19(18)24)9-11-23-20(25)16-7-5-15(13-21)6-8-16/h3-8,10,14H,2,9,11-12H2,1H3,(H,23,25). The first kappa shape index (κ1) is 16.7. The molecule has 1 aromatic carbocycles. The molecule has 1 amide bonds. The van der Waals surface area contributed by atoms with Crippen LogP contribution in [0.2, 0.25) is 0 Å². The Hall–Kier alpha value is -3.13. The first-order valence-corrected chi connectivity index (χ1v) is 8.44. The highest BCUT2D eigenvalue weighted by atomic mass is 16.1. The lowest BCUT2D eigenvalue weighted by Gasteiger charge is -2.05. The van der Waals surface area contributed by atoms with Crippen LogP contribution in [-0.4, -0.2) is 22.0 Å². The average Bonchev–Trinajstić information content (AvgIpc) is 3.00. The zero-order chi connectivity index (χ0) is 17.6. The second kappa shape index (κ2) is 7.63. The van der Waals surface area contributed by atoms with Gasteiger partial charge in [0.15, 0.2) is 0 Å². The topological polar surface area (TPSA) is 70.7 Å². The minimum Gasteiger partial charge on any atom is -0.352 e. The zero-order valence-corrected chi connectivity index (χ0v) is 14.2. The number of hydrogen-bond donors (Lipinski definition) is 1. The fraction of sp³-hybridized carbons (Fsp3) is 0.250. The van der Waals surface area contributed by atoms with Crippen LogP contribution in [0.5, 0.6) is 0 Å². The molecule has 0 saturated carbocycles. The molecule has 5 heteroatoms. The monoisotopic (exact) mass is 332 g/mol. The fourth-order valence-electron chi connectivity index (χ4n) is 2.91. The van der Waals surface area contributed by atoms with Crippen molar-refractivity contribution >= 4 is 16.9 Å². The number of nitriles is 1. The molecular weight excluding hydrogens is 312 g/mol. The third-order valence-corrected chi connectivity index (χ3v) is 4.14. The number of pyridine rings is 1. The maximum atomic E-state index is 12.2. The van der Waals surface area contributed by atoms with Crippen molar-refractivity contribution in [1.29, 1.82) is 5.26 Å². The number of amides is 1. The second-order valence-corrected chi connectivity index (χ2v) is 5.92. The molecule has 126 valence electrons. The fourth-order valence-corrected chi connectivity index (χ4v) is 2.91. The van der Waals surface area contributed by atoms with Gasteiger partial charge in [0, 0.05) is 36.4 Å². The quantitative estimate of drug-likeness (QED) is 0.753. The summed E-state index contributed by atoms with van der Waals surface area (Å²) in [6, 6.07) is 12.7. The molecule has 0 aliphatic carbocycles. The van der Waals surface area contributed by atoms with Crippen LogP contribution in [-0.2, 0) is 13.0 Å². The molecule has 3 aromatic rings. The number of carbonyl (C=O) groups is 1. The van der Waals surface area contributed by atoms with Gasteiger partial charge in [-0.2, -0.15) is 5.26 Å². The molecular formula is C20H20N4O. The van der Waals surface area contributed by atoms with E-state index in [0.717, 1.165) is 30.4 Å². The van der Waals surface area contributed by atoms with E-state index in [4.69, 9.17) is 5.26 Å². The second-order valence-electron chi connectivity index (χ2n) is 5.92. The van der Waals surface area contributed by atoms with Gasteiger partial charge < -0.3 is 9.88 Å². The summed E-state index contributed by atoms with van der Waals surface area (Å²) in [4.78, 5) is 16.7. The Morgan fingerprint density at radius 2 is 2.08 bits per heavy atom. The Morgan fingerprint density at radius 3 is 2.80 bits per heavy atom. The molecule has 0 unspecified atom stereocenters. The van der Waals surface area contributed by atoms with E-state index in [0.29, 0.717) is 17.7 Å². The van der Waals surface area contributed by atoms with E-state index in [9.17, 15) is 4.79 Å². The van der Waals surface area contributed by atoms with Crippen molar-refractivity contribution in [2.45, 2.75) is 26.3 Å². The van der Waals surface area contributed by atoms with Gasteiger partial charge in [0.2, 0.25) is 0 Å². The maximum absolute atomic E-state index is 12.2. The molecule has 2 heterocycles. The zero-order valence-electron chi connectivity index (χ0n) is 14.2. The maximum Gasteiger partial charge on any atom is 0.251 e. The van der Waals surface area contributed by atoms with Crippen LogP contribution in [0.4, 0.5) is 0 Å². The van der Waals surface area contributed by atoms with Crippen LogP contribution in [0.25, 0.3) is 11.0 Å². The first-order chi connectivity index (χ1) is 12.2.